The summed E-state index contributed by atoms with van der Waals surface area (Å²) in [5, 5.41) is 8.92. The number of ether oxygens (including phenoxy) is 1. The Kier molecular flexibility index (Phi) is 4.69. The number of carbonyl (C=O) groups excluding carboxylic acids is 1. The van der Waals surface area contributed by atoms with Gasteiger partial charge in [0.1, 0.15) is 12.4 Å². The van der Waals surface area contributed by atoms with Gasteiger partial charge in [-0.25, -0.2) is 9.50 Å². The highest BCUT2D eigenvalue weighted by Crippen LogP contribution is 2.30. The number of nitrogens with zero attached hydrogens (tertiary/aromatic N) is 6. The van der Waals surface area contributed by atoms with Crippen molar-refractivity contribution in [1.82, 2.24) is 29.3 Å². The summed E-state index contributed by atoms with van der Waals surface area (Å²) in [7, 11) is 0. The number of amides is 1. The van der Waals surface area contributed by atoms with Crippen molar-refractivity contribution >= 4 is 11.6 Å². The van der Waals surface area contributed by atoms with E-state index in [0.29, 0.717) is 37.6 Å². The number of fused-ring (bicyclic) bond motifs is 3. The van der Waals surface area contributed by atoms with Crippen molar-refractivity contribution in [2.75, 3.05) is 6.61 Å². The maximum absolute atomic E-state index is 13.3. The molecule has 0 atom stereocenters. The summed E-state index contributed by atoms with van der Waals surface area (Å²) in [6.07, 6.45) is 3.62. The molecule has 4 aromatic rings. The molecule has 8 nitrogen and oxygen atoms in total. The van der Waals surface area contributed by atoms with Crippen molar-refractivity contribution in [3.8, 4) is 5.75 Å². The molecular formula is C23H24N6O2. The first-order valence-electron chi connectivity index (χ1n) is 10.4. The van der Waals surface area contributed by atoms with Crippen LogP contribution in [0.5, 0.6) is 5.75 Å². The smallest absolute Gasteiger partial charge is 0.258 e. The minimum absolute atomic E-state index is 0.0635. The lowest BCUT2D eigenvalue weighted by Crippen LogP contribution is -2.26. The third-order valence-electron chi connectivity index (χ3n) is 5.95. The predicted molar refractivity (Wildman–Crippen MR) is 115 cm³/mol. The van der Waals surface area contributed by atoms with Crippen LogP contribution in [0.3, 0.4) is 0 Å². The normalized spacial score (nSPS) is 13.1. The van der Waals surface area contributed by atoms with Gasteiger partial charge in [-0.05, 0) is 44.5 Å². The van der Waals surface area contributed by atoms with Gasteiger partial charge in [0.2, 0.25) is 0 Å². The van der Waals surface area contributed by atoms with E-state index in [1.165, 1.54) is 0 Å². The molecule has 0 N–H and O–H groups in total. The minimum atomic E-state index is -0.0635. The molecule has 31 heavy (non-hydrogen) atoms. The fourth-order valence-electron chi connectivity index (χ4n) is 3.98. The standard InChI is InChI=1S/C23H24N6O2/c1-15-16(2)25-22-19-13-27(14-20(19)26-29(22)17(15)3)23(30)18-7-4-5-8-21(18)31-12-11-28-10-6-9-24-28/h4-10H,11-14H2,1-3H3. The molecule has 5 rings (SSSR count). The fraction of sp³-hybridized carbons (Fsp3) is 0.304. The van der Waals surface area contributed by atoms with E-state index < -0.39 is 0 Å². The molecule has 0 fully saturated rings. The van der Waals surface area contributed by atoms with Gasteiger partial charge in [-0.3, -0.25) is 9.48 Å². The zero-order valence-corrected chi connectivity index (χ0v) is 17.9. The lowest BCUT2D eigenvalue weighted by Gasteiger charge is -2.18. The Labute approximate surface area is 180 Å². The second kappa shape index (κ2) is 7.54. The number of hydrogen-bond acceptors (Lipinski definition) is 5. The summed E-state index contributed by atoms with van der Waals surface area (Å²) in [4.78, 5) is 19.9. The lowest BCUT2D eigenvalue weighted by atomic mass is 10.1. The maximum Gasteiger partial charge on any atom is 0.258 e. The van der Waals surface area contributed by atoms with Crippen molar-refractivity contribution in [2.45, 2.75) is 40.4 Å². The molecule has 0 radical (unpaired) electrons. The second-order valence-corrected chi connectivity index (χ2v) is 7.84. The Morgan fingerprint density at radius 3 is 2.77 bits per heavy atom. The van der Waals surface area contributed by atoms with Gasteiger partial charge in [0.15, 0.2) is 5.65 Å². The van der Waals surface area contributed by atoms with Crippen LogP contribution in [0.4, 0.5) is 0 Å². The molecule has 1 aromatic carbocycles. The van der Waals surface area contributed by atoms with Gasteiger partial charge in [0, 0.05) is 29.3 Å². The average Bonchev–Trinajstić information content (AvgIpc) is 3.49. The van der Waals surface area contributed by atoms with Crippen molar-refractivity contribution in [2.24, 2.45) is 0 Å². The molecule has 0 unspecified atom stereocenters. The zero-order chi connectivity index (χ0) is 21.5. The Hall–Kier alpha value is -3.68. The second-order valence-electron chi connectivity index (χ2n) is 7.84. The lowest BCUT2D eigenvalue weighted by molar-refractivity contribution is 0.0745. The van der Waals surface area contributed by atoms with E-state index in [1.54, 1.807) is 15.8 Å². The summed E-state index contributed by atoms with van der Waals surface area (Å²) in [6, 6.07) is 9.25. The largest absolute Gasteiger partial charge is 0.491 e. The highest BCUT2D eigenvalue weighted by atomic mass is 16.5. The third kappa shape index (κ3) is 3.34. The van der Waals surface area contributed by atoms with Gasteiger partial charge in [0.25, 0.3) is 5.91 Å². The van der Waals surface area contributed by atoms with E-state index >= 15 is 0 Å². The predicted octanol–water partition coefficient (Wildman–Crippen LogP) is 3.09. The fourth-order valence-corrected chi connectivity index (χ4v) is 3.98. The van der Waals surface area contributed by atoms with E-state index in [1.807, 2.05) is 48.0 Å². The SMILES string of the molecule is Cc1nc2c3c(nn2c(C)c1C)CN(C(=O)c1ccccc1OCCn1cccn1)C3. The van der Waals surface area contributed by atoms with Crippen LogP contribution in [0, 0.1) is 20.8 Å². The van der Waals surface area contributed by atoms with Gasteiger partial charge < -0.3 is 9.64 Å². The number of aryl methyl sites for hydroxylation is 2. The highest BCUT2D eigenvalue weighted by Gasteiger charge is 2.31. The molecule has 0 saturated carbocycles. The summed E-state index contributed by atoms with van der Waals surface area (Å²) in [5.41, 5.74) is 6.56. The number of hydrogen-bond donors (Lipinski definition) is 0. The molecule has 0 aliphatic carbocycles. The molecule has 1 aliphatic rings. The Bertz CT molecular complexity index is 1280. The maximum atomic E-state index is 13.3. The molecule has 0 bridgehead atoms. The average molecular weight is 416 g/mol. The monoisotopic (exact) mass is 416 g/mol. The number of rotatable bonds is 5. The van der Waals surface area contributed by atoms with Crippen LogP contribution in [0.2, 0.25) is 0 Å². The minimum Gasteiger partial charge on any atom is -0.491 e. The molecular weight excluding hydrogens is 392 g/mol. The van der Waals surface area contributed by atoms with Crippen molar-refractivity contribution in [3.05, 3.63) is 76.5 Å². The topological polar surface area (TPSA) is 77.5 Å². The van der Waals surface area contributed by atoms with Gasteiger partial charge in [-0.2, -0.15) is 10.2 Å². The molecule has 8 heteroatoms. The summed E-state index contributed by atoms with van der Waals surface area (Å²) >= 11 is 0. The van der Waals surface area contributed by atoms with E-state index in [9.17, 15) is 4.79 Å². The van der Waals surface area contributed by atoms with Gasteiger partial charge in [0.05, 0.1) is 30.9 Å². The van der Waals surface area contributed by atoms with E-state index in [0.717, 1.165) is 33.9 Å². The summed E-state index contributed by atoms with van der Waals surface area (Å²) in [5.74, 6) is 0.519. The molecule has 0 saturated heterocycles. The van der Waals surface area contributed by atoms with Gasteiger partial charge in [-0.15, -0.1) is 0 Å². The van der Waals surface area contributed by atoms with Crippen LogP contribution >= 0.6 is 0 Å². The van der Waals surface area contributed by atoms with E-state index in [2.05, 4.69) is 18.9 Å². The van der Waals surface area contributed by atoms with Gasteiger partial charge >= 0.3 is 0 Å². The first kappa shape index (κ1) is 19.3. The molecule has 3 aromatic heterocycles. The highest BCUT2D eigenvalue weighted by molar-refractivity contribution is 5.97. The number of para-hydroxylation sites is 1. The van der Waals surface area contributed by atoms with Crippen molar-refractivity contribution in [1.29, 1.82) is 0 Å². The summed E-state index contributed by atoms with van der Waals surface area (Å²) < 4.78 is 9.63. The van der Waals surface area contributed by atoms with E-state index in [4.69, 9.17) is 14.8 Å². The Balaban J connectivity index is 1.36. The van der Waals surface area contributed by atoms with Crippen LogP contribution in [0.25, 0.3) is 5.65 Å². The molecule has 0 spiro atoms. The van der Waals surface area contributed by atoms with Gasteiger partial charge in [-0.1, -0.05) is 12.1 Å². The van der Waals surface area contributed by atoms with Crippen LogP contribution in [0.1, 0.15) is 38.6 Å². The number of aromatic nitrogens is 5. The Morgan fingerprint density at radius 2 is 1.97 bits per heavy atom. The summed E-state index contributed by atoms with van der Waals surface area (Å²) in [6.45, 7) is 8.14. The molecule has 1 amide bonds. The number of carbonyl (C=O) groups is 1. The van der Waals surface area contributed by atoms with Crippen LogP contribution in [0.15, 0.2) is 42.7 Å². The zero-order valence-electron chi connectivity index (χ0n) is 17.9. The van der Waals surface area contributed by atoms with Crippen LogP contribution in [-0.4, -0.2) is 41.8 Å². The third-order valence-corrected chi connectivity index (χ3v) is 5.95. The van der Waals surface area contributed by atoms with Crippen LogP contribution < -0.4 is 4.74 Å². The molecule has 158 valence electrons. The molecule has 1 aliphatic heterocycles. The Morgan fingerprint density at radius 1 is 1.13 bits per heavy atom. The van der Waals surface area contributed by atoms with Crippen molar-refractivity contribution in [3.63, 3.8) is 0 Å². The van der Waals surface area contributed by atoms with E-state index in [-0.39, 0.29) is 5.91 Å². The van der Waals surface area contributed by atoms with Crippen molar-refractivity contribution < 1.29 is 9.53 Å². The first-order valence-corrected chi connectivity index (χ1v) is 10.4. The first-order chi connectivity index (χ1) is 15.0. The molecule has 4 heterocycles. The van der Waals surface area contributed by atoms with Crippen LogP contribution in [-0.2, 0) is 19.6 Å². The quantitative estimate of drug-likeness (QED) is 0.500. The number of benzene rings is 1.